The lowest BCUT2D eigenvalue weighted by molar-refractivity contribution is -0.115. The van der Waals surface area contributed by atoms with Crippen molar-refractivity contribution in [2.24, 2.45) is 0 Å². The first-order valence-corrected chi connectivity index (χ1v) is 9.66. The summed E-state index contributed by atoms with van der Waals surface area (Å²) in [5, 5.41) is 8.18. The van der Waals surface area contributed by atoms with Crippen molar-refractivity contribution < 1.29 is 9.18 Å². The molecule has 4 rings (SSSR count). The van der Waals surface area contributed by atoms with E-state index in [2.05, 4.69) is 20.4 Å². The van der Waals surface area contributed by atoms with Crippen LogP contribution in [0, 0.1) is 19.7 Å². The number of para-hydroxylation sites is 1. The molecule has 0 saturated carbocycles. The first-order valence-electron chi connectivity index (χ1n) is 8.78. The van der Waals surface area contributed by atoms with Gasteiger partial charge in [0.15, 0.2) is 10.8 Å². The van der Waals surface area contributed by atoms with Crippen LogP contribution in [0.4, 0.5) is 10.1 Å². The zero-order chi connectivity index (χ0) is 19.8. The van der Waals surface area contributed by atoms with E-state index < -0.39 is 5.25 Å². The average Bonchev–Trinajstić information content (AvgIpc) is 3.07. The number of nitrogens with one attached hydrogen (secondary N) is 1. The van der Waals surface area contributed by atoms with Crippen LogP contribution in [-0.4, -0.2) is 30.7 Å². The molecule has 1 atom stereocenters. The Balaban J connectivity index is 1.62. The highest BCUT2D eigenvalue weighted by Crippen LogP contribution is 2.27. The highest BCUT2D eigenvalue weighted by molar-refractivity contribution is 8.00. The largest absolute Gasteiger partial charge is 0.325 e. The van der Waals surface area contributed by atoms with E-state index in [1.807, 2.05) is 31.2 Å². The van der Waals surface area contributed by atoms with Crippen molar-refractivity contribution >= 4 is 39.9 Å². The number of fused-ring (bicyclic) bond motifs is 3. The Morgan fingerprint density at radius 3 is 2.75 bits per heavy atom. The topological polar surface area (TPSA) is 72.2 Å². The smallest absolute Gasteiger partial charge is 0.237 e. The van der Waals surface area contributed by atoms with Crippen LogP contribution in [0.25, 0.3) is 16.6 Å². The van der Waals surface area contributed by atoms with Crippen molar-refractivity contribution in [2.45, 2.75) is 31.2 Å². The Morgan fingerprint density at radius 2 is 1.96 bits per heavy atom. The van der Waals surface area contributed by atoms with Crippen LogP contribution in [0.2, 0.25) is 0 Å². The average molecular weight is 395 g/mol. The molecule has 0 bridgehead atoms. The van der Waals surface area contributed by atoms with Gasteiger partial charge in [-0.15, -0.1) is 5.10 Å². The number of benzene rings is 2. The monoisotopic (exact) mass is 395 g/mol. The van der Waals surface area contributed by atoms with Gasteiger partial charge in [-0.05, 0) is 50.6 Å². The molecule has 0 radical (unpaired) electrons. The van der Waals surface area contributed by atoms with Gasteiger partial charge in [-0.2, -0.15) is 4.52 Å². The van der Waals surface area contributed by atoms with Crippen molar-refractivity contribution in [1.29, 1.82) is 0 Å². The number of amides is 1. The van der Waals surface area contributed by atoms with E-state index in [0.717, 1.165) is 10.9 Å². The molecule has 2 aromatic heterocycles. The van der Waals surface area contributed by atoms with E-state index in [-0.39, 0.29) is 11.7 Å². The van der Waals surface area contributed by atoms with Crippen molar-refractivity contribution in [2.75, 3.05) is 5.32 Å². The van der Waals surface area contributed by atoms with Gasteiger partial charge in [0.05, 0.1) is 10.8 Å². The fourth-order valence-electron chi connectivity index (χ4n) is 2.84. The quantitative estimate of drug-likeness (QED) is 0.415. The third-order valence-corrected chi connectivity index (χ3v) is 5.39. The molecule has 0 aliphatic carbocycles. The molecule has 1 unspecified atom stereocenters. The van der Waals surface area contributed by atoms with Crippen LogP contribution >= 0.6 is 11.8 Å². The van der Waals surface area contributed by atoms with Gasteiger partial charge >= 0.3 is 0 Å². The lowest BCUT2D eigenvalue weighted by Crippen LogP contribution is -2.23. The maximum absolute atomic E-state index is 13.7. The molecule has 8 heteroatoms. The number of carbonyl (C=O) groups excluding carboxylic acids is 1. The van der Waals surface area contributed by atoms with Crippen molar-refractivity contribution in [3.8, 4) is 0 Å². The van der Waals surface area contributed by atoms with Gasteiger partial charge in [-0.3, -0.25) is 4.79 Å². The van der Waals surface area contributed by atoms with Crippen LogP contribution in [0.1, 0.15) is 18.3 Å². The van der Waals surface area contributed by atoms with E-state index in [9.17, 15) is 9.18 Å². The zero-order valence-corrected chi connectivity index (χ0v) is 16.4. The fraction of sp³-hybridized carbons (Fsp3) is 0.200. The summed E-state index contributed by atoms with van der Waals surface area (Å²) in [5.41, 5.74) is 2.45. The number of hydrogen-bond acceptors (Lipinski definition) is 5. The number of nitrogens with zero attached hydrogens (tertiary/aromatic N) is 4. The van der Waals surface area contributed by atoms with Gasteiger partial charge in [0.1, 0.15) is 11.6 Å². The molecule has 2 heterocycles. The number of rotatable bonds is 4. The summed E-state index contributed by atoms with van der Waals surface area (Å²) < 4.78 is 15.4. The van der Waals surface area contributed by atoms with Crippen molar-refractivity contribution in [3.05, 3.63) is 59.7 Å². The fourth-order valence-corrected chi connectivity index (χ4v) is 3.70. The van der Waals surface area contributed by atoms with Crippen LogP contribution < -0.4 is 5.32 Å². The summed E-state index contributed by atoms with van der Waals surface area (Å²) in [4.78, 5) is 21.7. The van der Waals surface area contributed by atoms with E-state index in [1.54, 1.807) is 30.5 Å². The lowest BCUT2D eigenvalue weighted by atomic mass is 10.2. The van der Waals surface area contributed by atoms with Gasteiger partial charge in [0, 0.05) is 11.1 Å². The van der Waals surface area contributed by atoms with Crippen LogP contribution in [0.15, 0.2) is 47.6 Å². The van der Waals surface area contributed by atoms with Crippen LogP contribution in [0.3, 0.4) is 0 Å². The minimum absolute atomic E-state index is 0.242. The second kappa shape index (κ2) is 7.20. The highest BCUT2D eigenvalue weighted by atomic mass is 32.2. The predicted molar refractivity (Wildman–Crippen MR) is 108 cm³/mol. The third-order valence-electron chi connectivity index (χ3n) is 4.35. The molecule has 0 aliphatic rings. The molecule has 6 nitrogen and oxygen atoms in total. The number of aryl methyl sites for hydroxylation is 2. The summed E-state index contributed by atoms with van der Waals surface area (Å²) in [6.07, 6.45) is 0. The number of carbonyl (C=O) groups is 1. The Morgan fingerprint density at radius 1 is 1.18 bits per heavy atom. The molecule has 4 aromatic rings. The van der Waals surface area contributed by atoms with E-state index in [4.69, 9.17) is 0 Å². The Bertz CT molecular complexity index is 1210. The van der Waals surface area contributed by atoms with Crippen LogP contribution in [-0.2, 0) is 4.79 Å². The Kier molecular flexibility index (Phi) is 4.72. The number of halogens is 1. The van der Waals surface area contributed by atoms with Gasteiger partial charge in [-0.1, -0.05) is 30.0 Å². The summed E-state index contributed by atoms with van der Waals surface area (Å²) in [6.45, 7) is 5.27. The summed E-state index contributed by atoms with van der Waals surface area (Å²) in [7, 11) is 0. The van der Waals surface area contributed by atoms with Crippen LogP contribution in [0.5, 0.6) is 0 Å². The highest BCUT2D eigenvalue weighted by Gasteiger charge is 2.20. The van der Waals surface area contributed by atoms with Gasteiger partial charge in [0.25, 0.3) is 0 Å². The maximum atomic E-state index is 13.7. The molecule has 2 aromatic carbocycles. The molecular formula is C20H18FN5OS. The molecule has 142 valence electrons. The van der Waals surface area contributed by atoms with Crippen molar-refractivity contribution in [3.63, 3.8) is 0 Å². The van der Waals surface area contributed by atoms with E-state index in [1.165, 1.54) is 17.8 Å². The predicted octanol–water partition coefficient (Wildman–Crippen LogP) is 4.15. The first-order chi connectivity index (χ1) is 13.4. The minimum atomic E-state index is -0.467. The standard InChI is InChI=1S/C20H18FN5OS/c1-11-8-9-14(10-16(11)21)23-19(27)12(2)28-20-24-17-7-5-4-6-15(17)18-22-13(3)25-26(18)20/h4-10,12H,1-3H3,(H,23,27). The first kappa shape index (κ1) is 18.4. The number of thioether (sulfide) groups is 1. The van der Waals surface area contributed by atoms with Gasteiger partial charge < -0.3 is 5.32 Å². The third kappa shape index (κ3) is 3.43. The second-order valence-corrected chi connectivity index (χ2v) is 7.83. The second-order valence-electron chi connectivity index (χ2n) is 6.52. The summed E-state index contributed by atoms with van der Waals surface area (Å²) >= 11 is 1.28. The molecular weight excluding hydrogens is 377 g/mol. The number of aromatic nitrogens is 4. The number of anilines is 1. The van der Waals surface area contributed by atoms with E-state index in [0.29, 0.717) is 27.9 Å². The molecule has 0 fully saturated rings. The zero-order valence-electron chi connectivity index (χ0n) is 15.6. The molecule has 0 aliphatic heterocycles. The SMILES string of the molecule is Cc1nc2c3ccccc3nc(SC(C)C(=O)Nc3ccc(C)c(F)c3)n2n1. The maximum Gasteiger partial charge on any atom is 0.237 e. The molecule has 0 saturated heterocycles. The lowest BCUT2D eigenvalue weighted by Gasteiger charge is -2.13. The Labute approximate surface area is 165 Å². The Hall–Kier alpha value is -3.00. The van der Waals surface area contributed by atoms with Gasteiger partial charge in [0.2, 0.25) is 5.91 Å². The molecule has 28 heavy (non-hydrogen) atoms. The van der Waals surface area contributed by atoms with Crippen molar-refractivity contribution in [1.82, 2.24) is 19.6 Å². The molecule has 1 amide bonds. The van der Waals surface area contributed by atoms with E-state index >= 15 is 0 Å². The number of hydrogen-bond donors (Lipinski definition) is 1. The molecule has 1 N–H and O–H groups in total. The normalized spacial score (nSPS) is 12.4. The minimum Gasteiger partial charge on any atom is -0.325 e. The van der Waals surface area contributed by atoms with Gasteiger partial charge in [-0.25, -0.2) is 14.4 Å². The summed E-state index contributed by atoms with van der Waals surface area (Å²) in [6, 6.07) is 12.3. The molecule has 0 spiro atoms. The summed E-state index contributed by atoms with van der Waals surface area (Å²) in [5.74, 6) is 0.0366.